The summed E-state index contributed by atoms with van der Waals surface area (Å²) < 4.78 is 33.5. The Balaban J connectivity index is 1.75. The van der Waals surface area contributed by atoms with Crippen LogP contribution >= 0.6 is 0 Å². The number of hydrogen-bond acceptors (Lipinski definition) is 7. The number of ether oxygens (including phenoxy) is 1. The molecule has 0 spiro atoms. The van der Waals surface area contributed by atoms with Crippen LogP contribution in [0, 0.1) is 5.92 Å². The van der Waals surface area contributed by atoms with Gasteiger partial charge in [0.25, 0.3) is 5.56 Å². The van der Waals surface area contributed by atoms with Crippen LogP contribution in [-0.2, 0) is 26.3 Å². The van der Waals surface area contributed by atoms with Crippen LogP contribution in [0.4, 0.5) is 0 Å². The molecule has 0 amide bonds. The van der Waals surface area contributed by atoms with Gasteiger partial charge in [-0.05, 0) is 30.2 Å². The number of fused-ring (bicyclic) bond motifs is 1. The van der Waals surface area contributed by atoms with Gasteiger partial charge >= 0.3 is 5.97 Å². The number of carbonyl (C=O) groups excluding carboxylic acids is 1. The van der Waals surface area contributed by atoms with Crippen molar-refractivity contribution in [3.8, 4) is 0 Å². The van der Waals surface area contributed by atoms with Crippen LogP contribution in [-0.4, -0.2) is 35.4 Å². The SMILES string of the molecule is CC(C)[C@H](NS(=O)(=O)c1ccccc1)C(=O)OCn1nnc2ccccc2c1=O. The summed E-state index contributed by atoms with van der Waals surface area (Å²) in [6, 6.07) is 13.2. The second-order valence-corrected chi connectivity index (χ2v) is 8.37. The highest BCUT2D eigenvalue weighted by Gasteiger charge is 2.29. The summed E-state index contributed by atoms with van der Waals surface area (Å²) in [5, 5.41) is 7.99. The molecule has 9 nitrogen and oxygen atoms in total. The second kappa shape index (κ2) is 8.50. The Hall–Kier alpha value is -3.11. The number of sulfonamides is 1. The van der Waals surface area contributed by atoms with Crippen LogP contribution in [0.3, 0.4) is 0 Å². The third-order valence-corrected chi connectivity index (χ3v) is 5.67. The topological polar surface area (TPSA) is 120 Å². The molecule has 3 aromatic rings. The third-order valence-electron chi connectivity index (χ3n) is 4.21. The Morgan fingerprint density at radius 2 is 1.76 bits per heavy atom. The number of aromatic nitrogens is 3. The van der Waals surface area contributed by atoms with Crippen LogP contribution < -0.4 is 10.3 Å². The monoisotopic (exact) mass is 416 g/mol. The molecule has 29 heavy (non-hydrogen) atoms. The summed E-state index contributed by atoms with van der Waals surface area (Å²) in [7, 11) is -3.92. The lowest BCUT2D eigenvalue weighted by atomic mass is 10.1. The first-order chi connectivity index (χ1) is 13.8. The Bertz CT molecular complexity index is 1180. The number of esters is 1. The van der Waals surface area contributed by atoms with E-state index >= 15 is 0 Å². The fourth-order valence-corrected chi connectivity index (χ4v) is 3.97. The Morgan fingerprint density at radius 1 is 1.10 bits per heavy atom. The van der Waals surface area contributed by atoms with Gasteiger partial charge in [0.2, 0.25) is 10.0 Å². The number of nitrogens with zero attached hydrogens (tertiary/aromatic N) is 3. The molecule has 1 heterocycles. The number of rotatable bonds is 7. The van der Waals surface area contributed by atoms with Gasteiger partial charge in [-0.3, -0.25) is 9.59 Å². The van der Waals surface area contributed by atoms with Gasteiger partial charge in [-0.25, -0.2) is 8.42 Å². The average molecular weight is 416 g/mol. The zero-order chi connectivity index (χ0) is 21.0. The van der Waals surface area contributed by atoms with Crippen LogP contribution in [0.2, 0.25) is 0 Å². The van der Waals surface area contributed by atoms with E-state index in [0.29, 0.717) is 10.9 Å². The van der Waals surface area contributed by atoms with Gasteiger partial charge in [-0.15, -0.1) is 5.10 Å². The molecule has 0 bridgehead atoms. The normalized spacial score (nSPS) is 12.8. The van der Waals surface area contributed by atoms with E-state index in [4.69, 9.17) is 4.74 Å². The van der Waals surface area contributed by atoms with Gasteiger partial charge in [0.15, 0.2) is 6.73 Å². The maximum Gasteiger partial charge on any atom is 0.326 e. The minimum atomic E-state index is -3.92. The molecule has 1 atom stereocenters. The maximum absolute atomic E-state index is 12.5. The van der Waals surface area contributed by atoms with Crippen molar-refractivity contribution in [2.75, 3.05) is 0 Å². The highest BCUT2D eigenvalue weighted by molar-refractivity contribution is 7.89. The summed E-state index contributed by atoms with van der Waals surface area (Å²) in [6.07, 6.45) is 0. The molecule has 0 aliphatic rings. The van der Waals surface area contributed by atoms with E-state index in [1.807, 2.05) is 0 Å². The molecule has 0 aliphatic heterocycles. The van der Waals surface area contributed by atoms with E-state index in [1.54, 1.807) is 56.3 Å². The van der Waals surface area contributed by atoms with Crippen LogP contribution in [0.5, 0.6) is 0 Å². The fourth-order valence-electron chi connectivity index (χ4n) is 2.61. The van der Waals surface area contributed by atoms with Crippen molar-refractivity contribution >= 4 is 26.9 Å². The van der Waals surface area contributed by atoms with Crippen molar-refractivity contribution < 1.29 is 17.9 Å². The largest absolute Gasteiger partial charge is 0.441 e. The van der Waals surface area contributed by atoms with E-state index in [2.05, 4.69) is 15.0 Å². The fraction of sp³-hybridized carbons (Fsp3) is 0.263. The van der Waals surface area contributed by atoms with Crippen LogP contribution in [0.1, 0.15) is 13.8 Å². The molecule has 3 rings (SSSR count). The lowest BCUT2D eigenvalue weighted by Crippen LogP contribution is -2.45. The Morgan fingerprint density at radius 3 is 2.45 bits per heavy atom. The first kappa shape index (κ1) is 20.6. The molecular formula is C19H20N4O5S. The van der Waals surface area contributed by atoms with Crippen molar-refractivity contribution in [1.29, 1.82) is 0 Å². The molecule has 2 aromatic carbocycles. The van der Waals surface area contributed by atoms with Gasteiger partial charge in [-0.1, -0.05) is 49.4 Å². The zero-order valence-electron chi connectivity index (χ0n) is 15.8. The number of hydrogen-bond donors (Lipinski definition) is 1. The smallest absolute Gasteiger partial charge is 0.326 e. The van der Waals surface area contributed by atoms with Crippen molar-refractivity contribution in [2.24, 2.45) is 5.92 Å². The lowest BCUT2D eigenvalue weighted by Gasteiger charge is -2.20. The number of benzene rings is 2. The molecule has 0 radical (unpaired) electrons. The number of nitrogens with one attached hydrogen (secondary N) is 1. The van der Waals surface area contributed by atoms with E-state index in [-0.39, 0.29) is 10.8 Å². The first-order valence-corrected chi connectivity index (χ1v) is 10.3. The molecule has 0 aliphatic carbocycles. The molecular weight excluding hydrogens is 396 g/mol. The summed E-state index contributed by atoms with van der Waals surface area (Å²) in [5.41, 5.74) is -0.0369. The molecule has 10 heteroatoms. The number of carbonyl (C=O) groups is 1. The first-order valence-electron chi connectivity index (χ1n) is 8.86. The van der Waals surface area contributed by atoms with Crippen LogP contribution in [0.25, 0.3) is 10.9 Å². The standard InChI is InChI=1S/C19H20N4O5S/c1-13(2)17(21-29(26,27)14-8-4-3-5-9-14)19(25)28-12-23-18(24)15-10-6-7-11-16(15)20-22-23/h3-11,13,17,21H,12H2,1-2H3/t17-/m0/s1. The molecule has 152 valence electrons. The minimum Gasteiger partial charge on any atom is -0.441 e. The van der Waals surface area contributed by atoms with Gasteiger partial charge < -0.3 is 4.74 Å². The molecule has 0 saturated carbocycles. The van der Waals surface area contributed by atoms with E-state index in [1.165, 1.54) is 12.1 Å². The quantitative estimate of drug-likeness (QED) is 0.576. The molecule has 1 N–H and O–H groups in total. The summed E-state index contributed by atoms with van der Waals surface area (Å²) in [6.45, 7) is 2.88. The van der Waals surface area contributed by atoms with Gasteiger partial charge in [0.05, 0.1) is 10.3 Å². The zero-order valence-corrected chi connectivity index (χ0v) is 16.7. The molecule has 1 aromatic heterocycles. The maximum atomic E-state index is 12.5. The predicted octanol–water partition coefficient (Wildman–Crippen LogP) is 1.30. The highest BCUT2D eigenvalue weighted by atomic mass is 32.2. The molecule has 0 saturated heterocycles. The predicted molar refractivity (Wildman–Crippen MR) is 105 cm³/mol. The van der Waals surface area contributed by atoms with Crippen molar-refractivity contribution in [1.82, 2.24) is 19.7 Å². The summed E-state index contributed by atoms with van der Waals surface area (Å²) >= 11 is 0. The van der Waals surface area contributed by atoms with Gasteiger partial charge in [0, 0.05) is 0 Å². The third kappa shape index (κ3) is 4.66. The Kier molecular flexibility index (Phi) is 6.04. The van der Waals surface area contributed by atoms with E-state index in [9.17, 15) is 18.0 Å². The van der Waals surface area contributed by atoms with E-state index in [0.717, 1.165) is 4.68 Å². The van der Waals surface area contributed by atoms with Gasteiger partial charge in [0.1, 0.15) is 11.6 Å². The van der Waals surface area contributed by atoms with Gasteiger partial charge in [-0.2, -0.15) is 9.40 Å². The van der Waals surface area contributed by atoms with Crippen molar-refractivity contribution in [3.05, 3.63) is 65.0 Å². The summed E-state index contributed by atoms with van der Waals surface area (Å²) in [5.74, 6) is -1.21. The van der Waals surface area contributed by atoms with E-state index < -0.39 is 34.3 Å². The minimum absolute atomic E-state index is 0.0371. The van der Waals surface area contributed by atoms with Crippen molar-refractivity contribution in [3.63, 3.8) is 0 Å². The second-order valence-electron chi connectivity index (χ2n) is 6.66. The molecule has 0 unspecified atom stereocenters. The van der Waals surface area contributed by atoms with Crippen LogP contribution in [0.15, 0.2) is 64.3 Å². The average Bonchev–Trinajstić information content (AvgIpc) is 2.72. The summed E-state index contributed by atoms with van der Waals surface area (Å²) in [4.78, 5) is 25.0. The van der Waals surface area contributed by atoms with Crippen molar-refractivity contribution in [2.45, 2.75) is 31.5 Å². The lowest BCUT2D eigenvalue weighted by molar-refractivity contribution is -0.151. The Labute approximate surface area is 167 Å². The molecule has 0 fully saturated rings. The highest BCUT2D eigenvalue weighted by Crippen LogP contribution is 2.12.